The van der Waals surface area contributed by atoms with Gasteiger partial charge in [0.25, 0.3) is 0 Å². The van der Waals surface area contributed by atoms with E-state index < -0.39 is 6.09 Å². The molecule has 1 N–H and O–H groups in total. The molecule has 1 aromatic heterocycles. The Morgan fingerprint density at radius 3 is 2.29 bits per heavy atom. The standard InChI is InChI=1S/C22H23NO5/c1-13(2)23(14(3)4)22(26)28-17-8-5-15(6-9-17)19-12-27-20-11-16(24)7-10-18(20)21(19)25/h5-14,24H,1-4H3. The minimum Gasteiger partial charge on any atom is -0.508 e. The molecule has 0 unspecified atom stereocenters. The lowest BCUT2D eigenvalue weighted by Crippen LogP contribution is -2.43. The van der Waals surface area contributed by atoms with Crippen LogP contribution in [0.25, 0.3) is 22.1 Å². The maximum absolute atomic E-state index is 12.7. The molecule has 2 aromatic carbocycles. The first-order valence-electron chi connectivity index (χ1n) is 9.13. The number of hydrogen-bond donors (Lipinski definition) is 1. The molecule has 1 amide bonds. The smallest absolute Gasteiger partial charge is 0.415 e. The van der Waals surface area contributed by atoms with Crippen molar-refractivity contribution >= 4 is 17.1 Å². The van der Waals surface area contributed by atoms with Crippen LogP contribution in [-0.4, -0.2) is 28.2 Å². The second-order valence-electron chi connectivity index (χ2n) is 7.15. The predicted octanol–water partition coefficient (Wildman–Crippen LogP) is 4.78. The number of nitrogens with zero attached hydrogens (tertiary/aromatic N) is 1. The number of hydrogen-bond acceptors (Lipinski definition) is 5. The molecule has 0 fully saturated rings. The number of phenols is 1. The molecule has 0 aliphatic heterocycles. The average molecular weight is 381 g/mol. The Morgan fingerprint density at radius 2 is 1.68 bits per heavy atom. The van der Waals surface area contributed by atoms with Crippen LogP contribution in [0.5, 0.6) is 11.5 Å². The van der Waals surface area contributed by atoms with Crippen LogP contribution < -0.4 is 10.2 Å². The molecular formula is C22H23NO5. The summed E-state index contributed by atoms with van der Waals surface area (Å²) in [6.45, 7) is 7.73. The molecule has 6 heteroatoms. The quantitative estimate of drug-likeness (QED) is 0.703. The van der Waals surface area contributed by atoms with Gasteiger partial charge in [0, 0.05) is 18.2 Å². The monoisotopic (exact) mass is 381 g/mol. The first-order valence-corrected chi connectivity index (χ1v) is 9.13. The molecule has 6 nitrogen and oxygen atoms in total. The molecule has 1 heterocycles. The van der Waals surface area contributed by atoms with E-state index in [1.807, 2.05) is 27.7 Å². The number of rotatable bonds is 4. The topological polar surface area (TPSA) is 80.0 Å². The van der Waals surface area contributed by atoms with Crippen LogP contribution in [-0.2, 0) is 0 Å². The largest absolute Gasteiger partial charge is 0.508 e. The fraction of sp³-hybridized carbons (Fsp3) is 0.273. The molecule has 0 saturated carbocycles. The van der Waals surface area contributed by atoms with Crippen LogP contribution in [0.2, 0.25) is 0 Å². The lowest BCUT2D eigenvalue weighted by atomic mass is 10.1. The average Bonchev–Trinajstić information content (AvgIpc) is 2.62. The lowest BCUT2D eigenvalue weighted by Gasteiger charge is -2.29. The van der Waals surface area contributed by atoms with Crippen molar-refractivity contribution in [2.45, 2.75) is 39.8 Å². The van der Waals surface area contributed by atoms with E-state index >= 15 is 0 Å². The molecule has 0 aliphatic carbocycles. The van der Waals surface area contributed by atoms with Crippen molar-refractivity contribution in [1.82, 2.24) is 4.90 Å². The Kier molecular flexibility index (Phi) is 5.40. The highest BCUT2D eigenvalue weighted by atomic mass is 16.6. The van der Waals surface area contributed by atoms with E-state index in [0.717, 1.165) is 0 Å². The van der Waals surface area contributed by atoms with Crippen molar-refractivity contribution in [2.75, 3.05) is 0 Å². The second-order valence-corrected chi connectivity index (χ2v) is 7.15. The van der Waals surface area contributed by atoms with Gasteiger partial charge >= 0.3 is 6.09 Å². The van der Waals surface area contributed by atoms with Crippen molar-refractivity contribution in [3.05, 3.63) is 59.0 Å². The third-order valence-corrected chi connectivity index (χ3v) is 4.45. The summed E-state index contributed by atoms with van der Waals surface area (Å²) in [7, 11) is 0. The van der Waals surface area contributed by atoms with Gasteiger partial charge in [-0.25, -0.2) is 4.79 Å². The Hall–Kier alpha value is -3.28. The minimum atomic E-state index is -0.414. The van der Waals surface area contributed by atoms with Gasteiger partial charge in [0.1, 0.15) is 23.3 Å². The van der Waals surface area contributed by atoms with Gasteiger partial charge in [0.05, 0.1) is 10.9 Å². The first-order chi connectivity index (χ1) is 13.3. The van der Waals surface area contributed by atoms with Crippen LogP contribution >= 0.6 is 0 Å². The summed E-state index contributed by atoms with van der Waals surface area (Å²) in [6, 6.07) is 11.1. The van der Waals surface area contributed by atoms with E-state index in [1.165, 1.54) is 24.5 Å². The van der Waals surface area contributed by atoms with E-state index in [1.54, 1.807) is 29.2 Å². The Balaban J connectivity index is 1.86. The number of aromatic hydroxyl groups is 1. The van der Waals surface area contributed by atoms with Crippen molar-refractivity contribution in [1.29, 1.82) is 0 Å². The van der Waals surface area contributed by atoms with E-state index in [0.29, 0.717) is 27.8 Å². The van der Waals surface area contributed by atoms with Crippen LogP contribution in [0.15, 0.2) is 57.9 Å². The van der Waals surface area contributed by atoms with Crippen molar-refractivity contribution < 1.29 is 19.1 Å². The Labute approximate surface area is 163 Å². The zero-order valence-electron chi connectivity index (χ0n) is 16.3. The molecular weight excluding hydrogens is 358 g/mol. The summed E-state index contributed by atoms with van der Waals surface area (Å²) < 4.78 is 10.9. The Bertz CT molecular complexity index is 1040. The van der Waals surface area contributed by atoms with Crippen molar-refractivity contribution in [3.8, 4) is 22.6 Å². The molecule has 0 saturated heterocycles. The van der Waals surface area contributed by atoms with Crippen LogP contribution in [0.3, 0.4) is 0 Å². The van der Waals surface area contributed by atoms with Gasteiger partial charge in [-0.1, -0.05) is 12.1 Å². The van der Waals surface area contributed by atoms with Gasteiger partial charge in [-0.3, -0.25) is 4.79 Å². The van der Waals surface area contributed by atoms with Gasteiger partial charge in [-0.15, -0.1) is 0 Å². The fourth-order valence-corrected chi connectivity index (χ4v) is 3.19. The van der Waals surface area contributed by atoms with Gasteiger partial charge in [-0.05, 0) is 57.5 Å². The number of benzene rings is 2. The highest BCUT2D eigenvalue weighted by molar-refractivity contribution is 5.82. The number of phenolic OH excluding ortho intramolecular Hbond substituents is 1. The van der Waals surface area contributed by atoms with Crippen LogP contribution in [0.4, 0.5) is 4.79 Å². The molecule has 0 bridgehead atoms. The highest BCUT2D eigenvalue weighted by Crippen LogP contribution is 2.24. The maximum atomic E-state index is 12.7. The first kappa shape index (κ1) is 19.5. The number of amides is 1. The summed E-state index contributed by atoms with van der Waals surface area (Å²) in [5.74, 6) is 0.432. The zero-order valence-corrected chi connectivity index (χ0v) is 16.3. The maximum Gasteiger partial charge on any atom is 0.415 e. The van der Waals surface area contributed by atoms with Crippen molar-refractivity contribution in [2.24, 2.45) is 0 Å². The number of fused-ring (bicyclic) bond motifs is 1. The number of carbonyl (C=O) groups is 1. The zero-order chi connectivity index (χ0) is 20.4. The third kappa shape index (κ3) is 3.86. The fourth-order valence-electron chi connectivity index (χ4n) is 3.19. The number of carbonyl (C=O) groups excluding carboxylic acids is 1. The molecule has 3 aromatic rings. The van der Waals surface area contributed by atoms with Gasteiger partial charge in [0.15, 0.2) is 5.43 Å². The lowest BCUT2D eigenvalue weighted by molar-refractivity contribution is 0.122. The molecule has 28 heavy (non-hydrogen) atoms. The normalized spacial score (nSPS) is 11.2. The SMILES string of the molecule is CC(C)N(C(=O)Oc1ccc(-c2coc3cc(O)ccc3c2=O)cc1)C(C)C. The van der Waals surface area contributed by atoms with Crippen molar-refractivity contribution in [3.63, 3.8) is 0 Å². The number of ether oxygens (including phenoxy) is 1. The van der Waals surface area contributed by atoms with E-state index in [2.05, 4.69) is 0 Å². The molecule has 0 atom stereocenters. The van der Waals surface area contributed by atoms with E-state index in [-0.39, 0.29) is 23.3 Å². The Morgan fingerprint density at radius 1 is 1.04 bits per heavy atom. The summed E-state index contributed by atoms with van der Waals surface area (Å²) >= 11 is 0. The second kappa shape index (κ2) is 7.76. The summed E-state index contributed by atoms with van der Waals surface area (Å²) in [6.07, 6.45) is 0.951. The van der Waals surface area contributed by atoms with E-state index in [4.69, 9.17) is 9.15 Å². The summed E-state index contributed by atoms with van der Waals surface area (Å²) in [4.78, 5) is 26.8. The van der Waals surface area contributed by atoms with Gasteiger partial charge in [0.2, 0.25) is 0 Å². The van der Waals surface area contributed by atoms with Crippen LogP contribution in [0, 0.1) is 0 Å². The summed E-state index contributed by atoms with van der Waals surface area (Å²) in [5, 5.41) is 9.90. The van der Waals surface area contributed by atoms with Gasteiger partial charge < -0.3 is 19.2 Å². The molecule has 0 radical (unpaired) electrons. The molecule has 3 rings (SSSR count). The molecule has 146 valence electrons. The molecule has 0 aliphatic rings. The van der Waals surface area contributed by atoms with Gasteiger partial charge in [-0.2, -0.15) is 0 Å². The highest BCUT2D eigenvalue weighted by Gasteiger charge is 2.22. The van der Waals surface area contributed by atoms with Crippen LogP contribution in [0.1, 0.15) is 27.7 Å². The summed E-state index contributed by atoms with van der Waals surface area (Å²) in [5.41, 5.74) is 1.16. The minimum absolute atomic E-state index is 0.0217. The van der Waals surface area contributed by atoms with E-state index in [9.17, 15) is 14.7 Å². The predicted molar refractivity (Wildman–Crippen MR) is 108 cm³/mol. The molecule has 0 spiro atoms. The third-order valence-electron chi connectivity index (χ3n) is 4.45.